The minimum absolute atomic E-state index is 0.0240. The number of H-pyrrole nitrogens is 1. The van der Waals surface area contributed by atoms with Gasteiger partial charge in [-0.3, -0.25) is 4.79 Å². The first-order valence-corrected chi connectivity index (χ1v) is 5.89. The van der Waals surface area contributed by atoms with Crippen LogP contribution in [-0.4, -0.2) is 39.2 Å². The Hall–Kier alpha value is -2.94. The van der Waals surface area contributed by atoms with Crippen molar-refractivity contribution in [3.63, 3.8) is 0 Å². The molecular formula is C12H10N4O5. The van der Waals surface area contributed by atoms with E-state index in [1.165, 1.54) is 12.1 Å². The van der Waals surface area contributed by atoms with Crippen LogP contribution in [0.15, 0.2) is 12.1 Å². The topological polar surface area (TPSA) is 140 Å². The lowest BCUT2D eigenvalue weighted by atomic mass is 10.00. The summed E-state index contributed by atoms with van der Waals surface area (Å²) in [6, 6.07) is 2.81. The van der Waals surface area contributed by atoms with Gasteiger partial charge in [0.15, 0.2) is 12.5 Å². The fraction of sp³-hybridized carbons (Fsp3) is 0.167. The second kappa shape index (κ2) is 4.87. The lowest BCUT2D eigenvalue weighted by molar-refractivity contribution is -0.0159. The number of carbonyl (C=O) groups excluding carboxylic acids is 1. The van der Waals surface area contributed by atoms with Crippen molar-refractivity contribution in [3.8, 4) is 17.0 Å². The number of carboxylic acids is 1. The Kier molecular flexibility index (Phi) is 3.03. The number of hydrogen-bond donors (Lipinski definition) is 3. The standard InChI is InChI=1S/C12H10N4O5/c13-11(17)9-8(14-16-15-9)7-2-5(12(18)19)1-6-3-20-4-21-10(6)7/h1-2H,3-4H2,(H2,13,17)(H,18,19)(H,14,15,16). The maximum absolute atomic E-state index is 11.4. The van der Waals surface area contributed by atoms with Gasteiger partial charge in [-0.25, -0.2) is 4.79 Å². The fourth-order valence-corrected chi connectivity index (χ4v) is 2.11. The molecule has 21 heavy (non-hydrogen) atoms. The van der Waals surface area contributed by atoms with Crippen molar-refractivity contribution in [2.24, 2.45) is 5.73 Å². The number of fused-ring (bicyclic) bond motifs is 1. The van der Waals surface area contributed by atoms with Gasteiger partial charge in [-0.15, -0.1) is 0 Å². The predicted octanol–water partition coefficient (Wildman–Crippen LogP) is 0.135. The summed E-state index contributed by atoms with van der Waals surface area (Å²) in [4.78, 5) is 22.6. The normalized spacial score (nSPS) is 13.3. The molecule has 0 spiro atoms. The Balaban J connectivity index is 2.25. The average molecular weight is 290 g/mol. The van der Waals surface area contributed by atoms with Crippen molar-refractivity contribution < 1.29 is 24.2 Å². The SMILES string of the molecule is NC(=O)c1n[nH]nc1-c1cc(C(=O)O)cc2c1OCOC2. The Morgan fingerprint density at radius 1 is 1.33 bits per heavy atom. The van der Waals surface area contributed by atoms with E-state index in [2.05, 4.69) is 15.4 Å². The highest BCUT2D eigenvalue weighted by Crippen LogP contribution is 2.37. The zero-order chi connectivity index (χ0) is 15.0. The maximum atomic E-state index is 11.4. The second-order valence-corrected chi connectivity index (χ2v) is 4.31. The Morgan fingerprint density at radius 3 is 2.86 bits per heavy atom. The van der Waals surface area contributed by atoms with E-state index in [1.54, 1.807) is 0 Å². The van der Waals surface area contributed by atoms with Crippen LogP contribution in [0.25, 0.3) is 11.3 Å². The lowest BCUT2D eigenvalue weighted by Gasteiger charge is -2.20. The first-order chi connectivity index (χ1) is 10.1. The first-order valence-electron chi connectivity index (χ1n) is 5.89. The van der Waals surface area contributed by atoms with Gasteiger partial charge in [-0.2, -0.15) is 15.4 Å². The zero-order valence-corrected chi connectivity index (χ0v) is 10.6. The number of aromatic carboxylic acids is 1. The number of rotatable bonds is 3. The molecule has 0 radical (unpaired) electrons. The quantitative estimate of drug-likeness (QED) is 0.729. The molecule has 1 amide bonds. The summed E-state index contributed by atoms with van der Waals surface area (Å²) < 4.78 is 10.5. The number of carbonyl (C=O) groups is 2. The van der Waals surface area contributed by atoms with Gasteiger partial charge in [0.2, 0.25) is 0 Å². The van der Waals surface area contributed by atoms with E-state index in [0.29, 0.717) is 16.9 Å². The molecule has 1 aromatic heterocycles. The minimum atomic E-state index is -1.12. The molecule has 0 aliphatic carbocycles. The third-order valence-corrected chi connectivity index (χ3v) is 2.99. The van der Waals surface area contributed by atoms with Gasteiger partial charge in [0.05, 0.1) is 12.2 Å². The molecule has 0 saturated carbocycles. The predicted molar refractivity (Wildman–Crippen MR) is 67.6 cm³/mol. The van der Waals surface area contributed by atoms with Crippen LogP contribution in [0.2, 0.25) is 0 Å². The maximum Gasteiger partial charge on any atom is 0.335 e. The third kappa shape index (κ3) is 2.19. The Labute approximate surface area is 117 Å². The number of nitrogens with one attached hydrogen (secondary N) is 1. The summed E-state index contributed by atoms with van der Waals surface area (Å²) in [5.74, 6) is -1.49. The summed E-state index contributed by atoms with van der Waals surface area (Å²) in [6.07, 6.45) is 0. The Morgan fingerprint density at radius 2 is 2.14 bits per heavy atom. The van der Waals surface area contributed by atoms with Crippen LogP contribution in [0.1, 0.15) is 26.4 Å². The van der Waals surface area contributed by atoms with Crippen LogP contribution in [0.5, 0.6) is 5.75 Å². The number of aromatic amines is 1. The van der Waals surface area contributed by atoms with E-state index < -0.39 is 11.9 Å². The summed E-state index contributed by atoms with van der Waals surface area (Å²) >= 11 is 0. The number of benzene rings is 1. The van der Waals surface area contributed by atoms with Gasteiger partial charge in [0, 0.05) is 11.1 Å². The molecule has 9 nitrogen and oxygen atoms in total. The largest absolute Gasteiger partial charge is 0.478 e. The first kappa shape index (κ1) is 13.1. The van der Waals surface area contributed by atoms with Gasteiger partial charge in [0.25, 0.3) is 5.91 Å². The number of carboxylic acid groups (broad SMARTS) is 1. The Bertz CT molecular complexity index is 739. The van der Waals surface area contributed by atoms with Crippen molar-refractivity contribution >= 4 is 11.9 Å². The molecular weight excluding hydrogens is 280 g/mol. The number of aromatic nitrogens is 3. The van der Waals surface area contributed by atoms with Gasteiger partial charge in [0.1, 0.15) is 11.4 Å². The van der Waals surface area contributed by atoms with Crippen LogP contribution >= 0.6 is 0 Å². The van der Waals surface area contributed by atoms with Crippen LogP contribution in [0.4, 0.5) is 0 Å². The molecule has 0 saturated heterocycles. The molecule has 0 atom stereocenters. The number of amides is 1. The highest BCUT2D eigenvalue weighted by Gasteiger charge is 2.25. The van der Waals surface area contributed by atoms with Crippen molar-refractivity contribution in [1.82, 2.24) is 15.4 Å². The van der Waals surface area contributed by atoms with Gasteiger partial charge in [-0.05, 0) is 12.1 Å². The van der Waals surface area contributed by atoms with E-state index >= 15 is 0 Å². The highest BCUT2D eigenvalue weighted by molar-refractivity contribution is 5.98. The van der Waals surface area contributed by atoms with E-state index in [-0.39, 0.29) is 30.4 Å². The number of primary amides is 1. The molecule has 0 fully saturated rings. The van der Waals surface area contributed by atoms with Crippen LogP contribution in [-0.2, 0) is 11.3 Å². The van der Waals surface area contributed by atoms with E-state index in [0.717, 1.165) is 0 Å². The van der Waals surface area contributed by atoms with Gasteiger partial charge >= 0.3 is 5.97 Å². The number of nitrogens with zero attached hydrogens (tertiary/aromatic N) is 2. The molecule has 3 rings (SSSR count). The highest BCUT2D eigenvalue weighted by atomic mass is 16.7. The molecule has 4 N–H and O–H groups in total. The van der Waals surface area contributed by atoms with Crippen molar-refractivity contribution in [1.29, 1.82) is 0 Å². The van der Waals surface area contributed by atoms with Crippen LogP contribution in [0, 0.1) is 0 Å². The average Bonchev–Trinajstić information content (AvgIpc) is 2.95. The number of hydrogen-bond acceptors (Lipinski definition) is 6. The molecule has 1 aliphatic heterocycles. The summed E-state index contributed by atoms with van der Waals surface area (Å²) in [6.45, 7) is 0.226. The molecule has 0 unspecified atom stereocenters. The number of ether oxygens (including phenoxy) is 2. The molecule has 1 aromatic carbocycles. The molecule has 1 aliphatic rings. The summed E-state index contributed by atoms with van der Waals surface area (Å²) in [7, 11) is 0. The van der Waals surface area contributed by atoms with E-state index in [4.69, 9.17) is 20.3 Å². The molecule has 2 aromatic rings. The molecule has 2 heterocycles. The molecule has 9 heteroatoms. The summed E-state index contributed by atoms with van der Waals surface area (Å²) in [5, 5.41) is 19.0. The smallest absolute Gasteiger partial charge is 0.335 e. The van der Waals surface area contributed by atoms with Crippen molar-refractivity contribution in [2.45, 2.75) is 6.61 Å². The second-order valence-electron chi connectivity index (χ2n) is 4.31. The van der Waals surface area contributed by atoms with E-state index in [9.17, 15) is 9.59 Å². The summed E-state index contributed by atoms with van der Waals surface area (Å²) in [5.41, 5.74) is 6.19. The molecule has 108 valence electrons. The third-order valence-electron chi connectivity index (χ3n) is 2.99. The van der Waals surface area contributed by atoms with Crippen molar-refractivity contribution in [3.05, 3.63) is 29.0 Å². The molecule has 0 bridgehead atoms. The van der Waals surface area contributed by atoms with Gasteiger partial charge < -0.3 is 20.3 Å². The van der Waals surface area contributed by atoms with Crippen molar-refractivity contribution in [2.75, 3.05) is 6.79 Å². The zero-order valence-electron chi connectivity index (χ0n) is 10.6. The lowest BCUT2D eigenvalue weighted by Crippen LogP contribution is -2.16. The monoisotopic (exact) mass is 290 g/mol. The minimum Gasteiger partial charge on any atom is -0.478 e. The van der Waals surface area contributed by atoms with E-state index in [1.807, 2.05) is 0 Å². The van der Waals surface area contributed by atoms with Crippen LogP contribution < -0.4 is 10.5 Å². The van der Waals surface area contributed by atoms with Crippen LogP contribution in [0.3, 0.4) is 0 Å². The number of nitrogens with two attached hydrogens (primary N) is 1. The van der Waals surface area contributed by atoms with Gasteiger partial charge in [-0.1, -0.05) is 0 Å². The fourth-order valence-electron chi connectivity index (χ4n) is 2.11.